The minimum absolute atomic E-state index is 0. The smallest absolute Gasteiger partial charge is 0.224 e. The molecule has 0 spiro atoms. The molecule has 2 aliphatic rings. The van der Waals surface area contributed by atoms with Crippen LogP contribution in [0.25, 0.3) is 0 Å². The van der Waals surface area contributed by atoms with Gasteiger partial charge in [-0.15, -0.1) is 12.4 Å². The van der Waals surface area contributed by atoms with Crippen molar-refractivity contribution in [1.82, 2.24) is 4.90 Å². The second-order valence-electron chi connectivity index (χ2n) is 5.80. The van der Waals surface area contributed by atoms with Crippen LogP contribution in [0.1, 0.15) is 51.9 Å². The molecule has 1 heterocycles. The monoisotopic (exact) mass is 290 g/mol. The van der Waals surface area contributed by atoms with E-state index in [0.717, 1.165) is 25.9 Å². The van der Waals surface area contributed by atoms with Crippen molar-refractivity contribution in [2.24, 2.45) is 5.73 Å². The third-order valence-electron chi connectivity index (χ3n) is 3.98. The highest BCUT2D eigenvalue weighted by Gasteiger charge is 2.26. The first-order chi connectivity index (χ1) is 8.65. The summed E-state index contributed by atoms with van der Waals surface area (Å²) in [4.78, 5) is 13.8. The third-order valence-corrected chi connectivity index (χ3v) is 3.98. The number of nitrogens with two attached hydrogens (primary N) is 1. The molecule has 0 bridgehead atoms. The second kappa shape index (κ2) is 8.08. The van der Waals surface area contributed by atoms with Crippen LogP contribution in [0.5, 0.6) is 0 Å². The highest BCUT2D eigenvalue weighted by Crippen LogP contribution is 2.25. The van der Waals surface area contributed by atoms with Crippen LogP contribution in [0.2, 0.25) is 0 Å². The molecule has 1 amide bonds. The summed E-state index contributed by atoms with van der Waals surface area (Å²) < 4.78 is 6.10. The number of hydrogen-bond acceptors (Lipinski definition) is 3. The highest BCUT2D eigenvalue weighted by molar-refractivity contribution is 5.85. The van der Waals surface area contributed by atoms with Gasteiger partial charge in [0.05, 0.1) is 12.2 Å². The van der Waals surface area contributed by atoms with Gasteiger partial charge in [-0.1, -0.05) is 12.8 Å². The summed E-state index contributed by atoms with van der Waals surface area (Å²) >= 11 is 0. The quantitative estimate of drug-likeness (QED) is 0.863. The van der Waals surface area contributed by atoms with Crippen LogP contribution in [-0.2, 0) is 9.53 Å². The zero-order valence-electron chi connectivity index (χ0n) is 11.8. The first kappa shape index (κ1) is 16.7. The van der Waals surface area contributed by atoms with Crippen molar-refractivity contribution < 1.29 is 9.53 Å². The van der Waals surface area contributed by atoms with Crippen LogP contribution < -0.4 is 5.73 Å². The fraction of sp³-hybridized carbons (Fsp3) is 0.929. The summed E-state index contributed by atoms with van der Waals surface area (Å²) in [7, 11) is 0. The number of piperidine rings is 1. The molecule has 1 unspecified atom stereocenters. The van der Waals surface area contributed by atoms with E-state index in [9.17, 15) is 4.79 Å². The number of carbonyl (C=O) groups excluding carboxylic acids is 1. The van der Waals surface area contributed by atoms with Crippen molar-refractivity contribution in [1.29, 1.82) is 0 Å². The van der Waals surface area contributed by atoms with Gasteiger partial charge in [-0.25, -0.2) is 0 Å². The molecule has 2 fully saturated rings. The number of carbonyl (C=O) groups is 1. The van der Waals surface area contributed by atoms with Crippen molar-refractivity contribution in [3.8, 4) is 0 Å². The maximum atomic E-state index is 11.9. The van der Waals surface area contributed by atoms with Crippen molar-refractivity contribution in [3.63, 3.8) is 0 Å². The normalized spacial score (nSPS) is 23.2. The summed E-state index contributed by atoms with van der Waals surface area (Å²) in [5.41, 5.74) is 5.66. The van der Waals surface area contributed by atoms with Crippen LogP contribution in [-0.4, -0.2) is 42.1 Å². The summed E-state index contributed by atoms with van der Waals surface area (Å²) in [6, 6.07) is -0.0371. The Hall–Kier alpha value is -0.320. The van der Waals surface area contributed by atoms with Gasteiger partial charge in [-0.05, 0) is 32.6 Å². The summed E-state index contributed by atoms with van der Waals surface area (Å²) in [5.74, 6) is 0.198. The number of nitrogens with zero attached hydrogens (tertiary/aromatic N) is 1. The van der Waals surface area contributed by atoms with Crippen LogP contribution >= 0.6 is 12.4 Å². The molecule has 2 N–H and O–H groups in total. The van der Waals surface area contributed by atoms with Gasteiger partial charge >= 0.3 is 0 Å². The van der Waals surface area contributed by atoms with Gasteiger partial charge < -0.3 is 15.4 Å². The molecule has 112 valence electrons. The molecule has 4 nitrogen and oxygen atoms in total. The van der Waals surface area contributed by atoms with E-state index in [1.165, 1.54) is 25.7 Å². The standard InChI is InChI=1S/C14H26N2O2.ClH/c1-11(15)10-14(17)16-8-6-13(7-9-16)18-12-4-2-3-5-12;/h11-13H,2-10,15H2,1H3;1H. The maximum Gasteiger partial charge on any atom is 0.224 e. The van der Waals surface area contributed by atoms with E-state index in [1.54, 1.807) is 0 Å². The molecule has 0 aromatic rings. The Kier molecular flexibility index (Phi) is 7.11. The number of amides is 1. The maximum absolute atomic E-state index is 11.9. The van der Waals surface area contributed by atoms with E-state index in [2.05, 4.69) is 0 Å². The van der Waals surface area contributed by atoms with E-state index in [1.807, 2.05) is 11.8 Å². The Labute approximate surface area is 122 Å². The van der Waals surface area contributed by atoms with Crippen molar-refractivity contribution in [2.75, 3.05) is 13.1 Å². The first-order valence-corrected chi connectivity index (χ1v) is 7.34. The first-order valence-electron chi connectivity index (χ1n) is 7.34. The molecule has 0 radical (unpaired) electrons. The van der Waals surface area contributed by atoms with E-state index >= 15 is 0 Å². The lowest BCUT2D eigenvalue weighted by Crippen LogP contribution is -2.43. The average Bonchev–Trinajstić information content (AvgIpc) is 2.82. The molecule has 1 saturated heterocycles. The minimum atomic E-state index is -0.0371. The van der Waals surface area contributed by atoms with Crippen molar-refractivity contribution in [2.45, 2.75) is 70.1 Å². The van der Waals surface area contributed by atoms with Crippen LogP contribution in [0.3, 0.4) is 0 Å². The average molecular weight is 291 g/mol. The Morgan fingerprint density at radius 3 is 2.26 bits per heavy atom. The Morgan fingerprint density at radius 1 is 1.21 bits per heavy atom. The fourth-order valence-electron chi connectivity index (χ4n) is 2.94. The molecule has 0 aromatic carbocycles. The molecular formula is C14H27ClN2O2. The summed E-state index contributed by atoms with van der Waals surface area (Å²) in [5, 5.41) is 0. The van der Waals surface area contributed by atoms with Gasteiger partial charge in [-0.3, -0.25) is 4.79 Å². The molecule has 0 aromatic heterocycles. The van der Waals surface area contributed by atoms with Gasteiger partial charge in [-0.2, -0.15) is 0 Å². The lowest BCUT2D eigenvalue weighted by Gasteiger charge is -2.33. The van der Waals surface area contributed by atoms with E-state index in [0.29, 0.717) is 18.6 Å². The van der Waals surface area contributed by atoms with Crippen LogP contribution in [0, 0.1) is 0 Å². The highest BCUT2D eigenvalue weighted by atomic mass is 35.5. The molecule has 2 rings (SSSR count). The van der Waals surface area contributed by atoms with E-state index in [4.69, 9.17) is 10.5 Å². The van der Waals surface area contributed by atoms with Gasteiger partial charge in [0.2, 0.25) is 5.91 Å². The molecule has 1 aliphatic carbocycles. The van der Waals surface area contributed by atoms with Gasteiger partial charge in [0.1, 0.15) is 0 Å². The van der Waals surface area contributed by atoms with Gasteiger partial charge in [0.25, 0.3) is 0 Å². The van der Waals surface area contributed by atoms with Gasteiger partial charge in [0.15, 0.2) is 0 Å². The predicted octanol–water partition coefficient (Wildman–Crippen LogP) is 2.10. The molecule has 1 aliphatic heterocycles. The second-order valence-corrected chi connectivity index (χ2v) is 5.80. The topological polar surface area (TPSA) is 55.6 Å². The van der Waals surface area contributed by atoms with Crippen LogP contribution in [0.15, 0.2) is 0 Å². The Balaban J connectivity index is 0.00000180. The number of hydrogen-bond donors (Lipinski definition) is 1. The zero-order chi connectivity index (χ0) is 13.0. The van der Waals surface area contributed by atoms with Crippen molar-refractivity contribution in [3.05, 3.63) is 0 Å². The lowest BCUT2D eigenvalue weighted by molar-refractivity contribution is -0.134. The summed E-state index contributed by atoms with van der Waals surface area (Å²) in [6.07, 6.45) is 8.38. The Morgan fingerprint density at radius 2 is 1.74 bits per heavy atom. The molecule has 5 heteroatoms. The summed E-state index contributed by atoms with van der Waals surface area (Å²) in [6.45, 7) is 3.56. The Bertz CT molecular complexity index is 273. The number of likely N-dealkylation sites (tertiary alicyclic amines) is 1. The predicted molar refractivity (Wildman–Crippen MR) is 78.5 cm³/mol. The molecule has 1 saturated carbocycles. The number of ether oxygens (including phenoxy) is 1. The zero-order valence-corrected chi connectivity index (χ0v) is 12.7. The SMILES string of the molecule is CC(N)CC(=O)N1CCC(OC2CCCC2)CC1.Cl. The van der Waals surface area contributed by atoms with Crippen LogP contribution in [0.4, 0.5) is 0 Å². The van der Waals surface area contributed by atoms with Gasteiger partial charge in [0, 0.05) is 25.6 Å². The molecule has 19 heavy (non-hydrogen) atoms. The minimum Gasteiger partial charge on any atom is -0.375 e. The van der Waals surface area contributed by atoms with Crippen molar-refractivity contribution >= 4 is 18.3 Å². The fourth-order valence-corrected chi connectivity index (χ4v) is 2.94. The molecule has 1 atom stereocenters. The largest absolute Gasteiger partial charge is 0.375 e. The lowest BCUT2D eigenvalue weighted by atomic mass is 10.1. The van der Waals surface area contributed by atoms with E-state index in [-0.39, 0.29) is 24.4 Å². The number of rotatable bonds is 4. The molecular weight excluding hydrogens is 264 g/mol. The van der Waals surface area contributed by atoms with E-state index < -0.39 is 0 Å². The third kappa shape index (κ3) is 5.28. The number of halogens is 1.